The molecule has 5 aliphatic rings. The zero-order valence-electron chi connectivity index (χ0n) is 21.2. The number of benzene rings is 2. The van der Waals surface area contributed by atoms with Crippen molar-refractivity contribution in [2.45, 2.75) is 49.4 Å². The van der Waals surface area contributed by atoms with Gasteiger partial charge in [-0.3, -0.25) is 0 Å². The number of fused-ring (bicyclic) bond motifs is 10. The van der Waals surface area contributed by atoms with E-state index in [-0.39, 0.29) is 6.61 Å². The minimum atomic E-state index is -0.610. The molecule has 4 unspecified atom stereocenters. The van der Waals surface area contributed by atoms with Crippen LogP contribution in [-0.4, -0.2) is 65.1 Å². The quantitative estimate of drug-likeness (QED) is 0.664. The summed E-state index contributed by atoms with van der Waals surface area (Å²) in [6, 6.07) is 13.5. The SMILES string of the molecule is COCC1(CO)COCCOc2c3cccc2C2CCC2c2cccc(c2OCCOC1)C1CCC31. The van der Waals surface area contributed by atoms with Crippen LogP contribution in [0.15, 0.2) is 36.4 Å². The van der Waals surface area contributed by atoms with Gasteiger partial charge in [-0.1, -0.05) is 36.4 Å². The molecule has 194 valence electrons. The summed E-state index contributed by atoms with van der Waals surface area (Å²) in [6.45, 7) is 2.84. The number of methoxy groups -OCH3 is 1. The Labute approximate surface area is 213 Å². The molecule has 0 spiro atoms. The van der Waals surface area contributed by atoms with Crippen molar-refractivity contribution < 1.29 is 28.8 Å². The minimum Gasteiger partial charge on any atom is -0.491 e. The fourth-order valence-corrected chi connectivity index (χ4v) is 6.69. The topological polar surface area (TPSA) is 66.4 Å². The third kappa shape index (κ3) is 4.22. The van der Waals surface area contributed by atoms with Gasteiger partial charge in [0.1, 0.15) is 24.7 Å². The van der Waals surface area contributed by atoms with Crippen LogP contribution in [0.4, 0.5) is 0 Å². The Bertz CT molecular complexity index is 933. The molecular weight excluding hydrogens is 456 g/mol. The van der Waals surface area contributed by atoms with E-state index in [9.17, 15) is 5.11 Å². The molecule has 6 bridgehead atoms. The molecule has 4 atom stereocenters. The zero-order valence-corrected chi connectivity index (χ0v) is 21.2. The maximum atomic E-state index is 10.2. The molecule has 7 rings (SSSR count). The molecule has 2 aromatic carbocycles. The van der Waals surface area contributed by atoms with Crippen LogP contribution in [-0.2, 0) is 14.2 Å². The summed E-state index contributed by atoms with van der Waals surface area (Å²) < 4.78 is 30.6. The summed E-state index contributed by atoms with van der Waals surface area (Å²) in [7, 11) is 1.64. The summed E-state index contributed by atoms with van der Waals surface area (Å²) in [5.41, 5.74) is 4.74. The van der Waals surface area contributed by atoms with Gasteiger partial charge in [0.05, 0.1) is 45.1 Å². The largest absolute Gasteiger partial charge is 0.491 e. The number of aliphatic hydroxyl groups is 1. The van der Waals surface area contributed by atoms with E-state index >= 15 is 0 Å². The second-order valence-corrected chi connectivity index (χ2v) is 11.0. The molecule has 2 saturated carbocycles. The Hall–Kier alpha value is -2.12. The molecule has 2 heterocycles. The van der Waals surface area contributed by atoms with Gasteiger partial charge in [0.25, 0.3) is 0 Å². The van der Waals surface area contributed by atoms with Crippen molar-refractivity contribution >= 4 is 0 Å². The van der Waals surface area contributed by atoms with Gasteiger partial charge in [-0.25, -0.2) is 0 Å². The van der Waals surface area contributed by atoms with Gasteiger partial charge in [-0.05, 0) is 71.6 Å². The normalized spacial score (nSPS) is 31.7. The van der Waals surface area contributed by atoms with E-state index in [0.29, 0.717) is 69.9 Å². The summed E-state index contributed by atoms with van der Waals surface area (Å²) in [4.78, 5) is 0. The first-order valence-electron chi connectivity index (χ1n) is 13.5. The molecule has 6 nitrogen and oxygen atoms in total. The van der Waals surface area contributed by atoms with Crippen LogP contribution >= 0.6 is 0 Å². The highest BCUT2D eigenvalue weighted by molar-refractivity contribution is 5.56. The van der Waals surface area contributed by atoms with E-state index in [2.05, 4.69) is 36.4 Å². The summed E-state index contributed by atoms with van der Waals surface area (Å²) in [5.74, 6) is 3.90. The molecular formula is C30H38O6. The monoisotopic (exact) mass is 494 g/mol. The van der Waals surface area contributed by atoms with Crippen molar-refractivity contribution in [3.05, 3.63) is 58.7 Å². The van der Waals surface area contributed by atoms with Gasteiger partial charge < -0.3 is 28.8 Å². The molecule has 1 N–H and O–H groups in total. The lowest BCUT2D eigenvalue weighted by molar-refractivity contribution is -0.0897. The Morgan fingerprint density at radius 3 is 1.47 bits per heavy atom. The van der Waals surface area contributed by atoms with Gasteiger partial charge in [-0.15, -0.1) is 0 Å². The maximum Gasteiger partial charge on any atom is 0.126 e. The Morgan fingerprint density at radius 2 is 1.14 bits per heavy atom. The smallest absolute Gasteiger partial charge is 0.126 e. The number of para-hydroxylation sites is 2. The van der Waals surface area contributed by atoms with Crippen LogP contribution in [0.25, 0.3) is 0 Å². The lowest BCUT2D eigenvalue weighted by Crippen LogP contribution is -2.41. The highest BCUT2D eigenvalue weighted by Crippen LogP contribution is 2.60. The average molecular weight is 495 g/mol. The Morgan fingerprint density at radius 1 is 0.722 bits per heavy atom. The van der Waals surface area contributed by atoms with Gasteiger partial charge in [0, 0.05) is 7.11 Å². The van der Waals surface area contributed by atoms with Crippen LogP contribution in [0.3, 0.4) is 0 Å². The van der Waals surface area contributed by atoms with Crippen molar-refractivity contribution in [1.82, 2.24) is 0 Å². The molecule has 2 aliphatic heterocycles. The first-order valence-corrected chi connectivity index (χ1v) is 13.5. The van der Waals surface area contributed by atoms with Crippen molar-refractivity contribution in [2.75, 3.05) is 60.0 Å². The predicted molar refractivity (Wildman–Crippen MR) is 136 cm³/mol. The minimum absolute atomic E-state index is 0.0742. The highest BCUT2D eigenvalue weighted by atomic mass is 16.5. The second kappa shape index (κ2) is 10.3. The number of rotatable bonds is 3. The van der Waals surface area contributed by atoms with E-state index in [0.717, 1.165) is 37.2 Å². The molecule has 0 saturated heterocycles. The zero-order chi connectivity index (χ0) is 24.5. The van der Waals surface area contributed by atoms with Gasteiger partial charge >= 0.3 is 0 Å². The lowest BCUT2D eigenvalue weighted by Gasteiger charge is -2.44. The molecule has 2 aromatic rings. The maximum absolute atomic E-state index is 10.2. The molecule has 6 heteroatoms. The molecule has 36 heavy (non-hydrogen) atoms. The van der Waals surface area contributed by atoms with Gasteiger partial charge in [-0.2, -0.15) is 0 Å². The van der Waals surface area contributed by atoms with Crippen LogP contribution in [0.1, 0.15) is 71.6 Å². The third-order valence-electron chi connectivity index (χ3n) is 8.85. The number of aliphatic hydroxyl groups excluding tert-OH is 1. The van der Waals surface area contributed by atoms with Crippen molar-refractivity contribution in [2.24, 2.45) is 5.41 Å². The van der Waals surface area contributed by atoms with Crippen molar-refractivity contribution in [3.8, 4) is 11.5 Å². The Kier molecular flexibility index (Phi) is 6.95. The molecule has 0 radical (unpaired) electrons. The first-order chi connectivity index (χ1) is 17.7. The van der Waals surface area contributed by atoms with E-state index in [1.807, 2.05) is 0 Å². The fourth-order valence-electron chi connectivity index (χ4n) is 6.69. The molecule has 2 fully saturated rings. The van der Waals surface area contributed by atoms with Crippen molar-refractivity contribution in [1.29, 1.82) is 0 Å². The van der Waals surface area contributed by atoms with E-state index in [4.69, 9.17) is 23.7 Å². The number of ether oxygens (including phenoxy) is 5. The number of hydrogen-bond acceptors (Lipinski definition) is 6. The van der Waals surface area contributed by atoms with Crippen LogP contribution in [0, 0.1) is 5.41 Å². The summed E-state index contributed by atoms with van der Waals surface area (Å²) >= 11 is 0. The van der Waals surface area contributed by atoms with Crippen molar-refractivity contribution in [3.63, 3.8) is 0 Å². The fraction of sp³-hybridized carbons (Fsp3) is 0.600. The highest BCUT2D eigenvalue weighted by Gasteiger charge is 2.43. The molecule has 0 aromatic heterocycles. The first kappa shape index (κ1) is 24.2. The van der Waals surface area contributed by atoms with Crippen LogP contribution in [0.2, 0.25) is 0 Å². The lowest BCUT2D eigenvalue weighted by atomic mass is 9.61. The summed E-state index contributed by atoms with van der Waals surface area (Å²) in [6.07, 6.45) is 4.66. The predicted octanol–water partition coefficient (Wildman–Crippen LogP) is 4.75. The van der Waals surface area contributed by atoms with E-state index < -0.39 is 5.41 Å². The average Bonchev–Trinajstić information content (AvgIpc) is 2.84. The Balaban J connectivity index is 1.40. The third-order valence-corrected chi connectivity index (χ3v) is 8.85. The van der Waals surface area contributed by atoms with Crippen LogP contribution in [0.5, 0.6) is 11.5 Å². The van der Waals surface area contributed by atoms with E-state index in [1.54, 1.807) is 7.11 Å². The molecule has 0 amide bonds. The molecule has 3 aliphatic carbocycles. The number of hydrogen-bond donors (Lipinski definition) is 1. The van der Waals surface area contributed by atoms with Gasteiger partial charge in [0.15, 0.2) is 0 Å². The van der Waals surface area contributed by atoms with E-state index in [1.165, 1.54) is 22.3 Å². The van der Waals surface area contributed by atoms with Crippen LogP contribution < -0.4 is 9.47 Å². The van der Waals surface area contributed by atoms with Gasteiger partial charge in [0.2, 0.25) is 0 Å². The second-order valence-electron chi connectivity index (χ2n) is 11.0. The standard InChI is InChI=1S/C30H38O6/c1-32-17-30(16-31)18-33-12-14-35-28-24-4-2-5-25(28)21-9-11-23(21)27-7-3-6-26(22-10-8-20(22)24)29(27)36-15-13-34-19-30/h2-7,20-23,31H,8-19H2,1H3. The summed E-state index contributed by atoms with van der Waals surface area (Å²) in [5, 5.41) is 10.2.